The van der Waals surface area contributed by atoms with Crippen LogP contribution in [0.5, 0.6) is 5.88 Å². The number of pyridine rings is 1. The van der Waals surface area contributed by atoms with Gasteiger partial charge in [-0.1, -0.05) is 23.7 Å². The number of aryl methyl sites for hydroxylation is 1. The number of imidazole rings is 1. The number of benzene rings is 1. The van der Waals surface area contributed by atoms with E-state index in [1.807, 2.05) is 41.9 Å². The molecule has 96 valence electrons. The molecular formula is C14H12ClN3O. The smallest absolute Gasteiger partial charge is 0.240 e. The summed E-state index contributed by atoms with van der Waals surface area (Å²) in [6.07, 6.45) is 3.45. The van der Waals surface area contributed by atoms with Gasteiger partial charge in [0, 0.05) is 18.3 Å². The Kier molecular flexibility index (Phi) is 3.09. The summed E-state index contributed by atoms with van der Waals surface area (Å²) in [6, 6.07) is 9.43. The zero-order valence-corrected chi connectivity index (χ0v) is 11.1. The van der Waals surface area contributed by atoms with Crippen molar-refractivity contribution in [2.24, 2.45) is 7.05 Å². The molecular weight excluding hydrogens is 262 g/mol. The summed E-state index contributed by atoms with van der Waals surface area (Å²) in [5, 5.41) is 0.718. The van der Waals surface area contributed by atoms with E-state index in [-0.39, 0.29) is 0 Å². The number of nitrogens with zero attached hydrogens (tertiary/aromatic N) is 3. The predicted molar refractivity (Wildman–Crippen MR) is 74.3 cm³/mol. The molecule has 0 unspecified atom stereocenters. The van der Waals surface area contributed by atoms with Crippen molar-refractivity contribution in [1.29, 1.82) is 0 Å². The van der Waals surface area contributed by atoms with Gasteiger partial charge in [0.05, 0.1) is 11.8 Å². The topological polar surface area (TPSA) is 39.9 Å². The summed E-state index contributed by atoms with van der Waals surface area (Å²) >= 11 is 5.85. The lowest BCUT2D eigenvalue weighted by Crippen LogP contribution is -1.99. The van der Waals surface area contributed by atoms with Gasteiger partial charge in [0.2, 0.25) is 5.88 Å². The van der Waals surface area contributed by atoms with Crippen LogP contribution in [0.1, 0.15) is 5.56 Å². The van der Waals surface area contributed by atoms with Crippen LogP contribution in [0.15, 0.2) is 42.9 Å². The van der Waals surface area contributed by atoms with Crippen LogP contribution in [0.25, 0.3) is 11.0 Å². The highest BCUT2D eigenvalue weighted by Gasteiger charge is 2.08. The van der Waals surface area contributed by atoms with Crippen LogP contribution < -0.4 is 4.74 Å². The monoisotopic (exact) mass is 273 g/mol. The van der Waals surface area contributed by atoms with Gasteiger partial charge in [-0.2, -0.15) is 0 Å². The second kappa shape index (κ2) is 4.90. The van der Waals surface area contributed by atoms with Crippen LogP contribution >= 0.6 is 11.6 Å². The number of rotatable bonds is 3. The molecule has 0 aliphatic heterocycles. The van der Waals surface area contributed by atoms with Crippen LogP contribution in [0, 0.1) is 0 Å². The molecule has 0 N–H and O–H groups in total. The van der Waals surface area contributed by atoms with Gasteiger partial charge in [-0.25, -0.2) is 9.97 Å². The highest BCUT2D eigenvalue weighted by molar-refractivity contribution is 6.30. The Hall–Kier alpha value is -2.07. The molecule has 0 bridgehead atoms. The Morgan fingerprint density at radius 3 is 2.74 bits per heavy atom. The quantitative estimate of drug-likeness (QED) is 0.736. The molecule has 0 spiro atoms. The molecule has 0 saturated heterocycles. The van der Waals surface area contributed by atoms with Crippen molar-refractivity contribution in [3.05, 3.63) is 53.4 Å². The van der Waals surface area contributed by atoms with Crippen molar-refractivity contribution >= 4 is 22.6 Å². The van der Waals surface area contributed by atoms with E-state index in [1.165, 1.54) is 0 Å². The van der Waals surface area contributed by atoms with E-state index in [4.69, 9.17) is 16.3 Å². The highest BCUT2D eigenvalue weighted by atomic mass is 35.5. The van der Waals surface area contributed by atoms with Crippen LogP contribution in [-0.4, -0.2) is 14.5 Å². The molecule has 5 heteroatoms. The fraction of sp³-hybridized carbons (Fsp3) is 0.143. The summed E-state index contributed by atoms with van der Waals surface area (Å²) in [6.45, 7) is 0.453. The van der Waals surface area contributed by atoms with E-state index in [0.29, 0.717) is 12.5 Å². The third kappa shape index (κ3) is 2.39. The standard InChI is InChI=1S/C14H12ClN3O/c1-18-9-17-12-6-7-16-14(13(12)18)19-8-10-2-4-11(15)5-3-10/h2-7,9H,8H2,1H3. The highest BCUT2D eigenvalue weighted by Crippen LogP contribution is 2.22. The first kappa shape index (κ1) is 12.0. The summed E-state index contributed by atoms with van der Waals surface area (Å²) in [5.41, 5.74) is 2.82. The first-order valence-corrected chi connectivity index (χ1v) is 6.25. The fourth-order valence-corrected chi connectivity index (χ4v) is 2.03. The lowest BCUT2D eigenvalue weighted by molar-refractivity contribution is 0.297. The summed E-state index contributed by atoms with van der Waals surface area (Å²) in [5.74, 6) is 0.590. The van der Waals surface area contributed by atoms with Crippen molar-refractivity contribution in [2.75, 3.05) is 0 Å². The zero-order chi connectivity index (χ0) is 13.2. The maximum atomic E-state index is 5.85. The van der Waals surface area contributed by atoms with E-state index < -0.39 is 0 Å². The maximum absolute atomic E-state index is 5.85. The number of hydrogen-bond donors (Lipinski definition) is 0. The molecule has 2 heterocycles. The van der Waals surface area contributed by atoms with Crippen LogP contribution in [0.4, 0.5) is 0 Å². The minimum Gasteiger partial charge on any atom is -0.471 e. The minimum atomic E-state index is 0.453. The Morgan fingerprint density at radius 2 is 1.95 bits per heavy atom. The molecule has 0 aliphatic rings. The maximum Gasteiger partial charge on any atom is 0.240 e. The van der Waals surface area contributed by atoms with Crippen molar-refractivity contribution in [3.8, 4) is 5.88 Å². The van der Waals surface area contributed by atoms with Crippen molar-refractivity contribution in [1.82, 2.24) is 14.5 Å². The van der Waals surface area contributed by atoms with Gasteiger partial charge in [-0.05, 0) is 23.8 Å². The number of hydrogen-bond acceptors (Lipinski definition) is 3. The van der Waals surface area contributed by atoms with Crippen molar-refractivity contribution in [3.63, 3.8) is 0 Å². The lowest BCUT2D eigenvalue weighted by atomic mass is 10.2. The van der Waals surface area contributed by atoms with Gasteiger partial charge in [0.1, 0.15) is 12.1 Å². The SMILES string of the molecule is Cn1cnc2ccnc(OCc3ccc(Cl)cc3)c21. The third-order valence-electron chi connectivity index (χ3n) is 2.88. The first-order valence-electron chi connectivity index (χ1n) is 5.87. The van der Waals surface area contributed by atoms with Crippen molar-refractivity contribution in [2.45, 2.75) is 6.61 Å². The molecule has 19 heavy (non-hydrogen) atoms. The number of fused-ring (bicyclic) bond motifs is 1. The molecule has 1 aromatic carbocycles. The molecule has 2 aromatic heterocycles. The van der Waals surface area contributed by atoms with Gasteiger partial charge in [0.15, 0.2) is 0 Å². The molecule has 0 amide bonds. The Labute approximate surface area is 115 Å². The Balaban J connectivity index is 1.85. The molecule has 0 atom stereocenters. The average Bonchev–Trinajstić information content (AvgIpc) is 2.81. The zero-order valence-electron chi connectivity index (χ0n) is 10.4. The normalized spacial score (nSPS) is 10.8. The number of aromatic nitrogens is 3. The lowest BCUT2D eigenvalue weighted by Gasteiger charge is -2.07. The largest absolute Gasteiger partial charge is 0.471 e. The second-order valence-electron chi connectivity index (χ2n) is 4.25. The van der Waals surface area contributed by atoms with Gasteiger partial charge in [-0.3, -0.25) is 0 Å². The minimum absolute atomic E-state index is 0.453. The molecule has 0 radical (unpaired) electrons. The van der Waals surface area contributed by atoms with Gasteiger partial charge < -0.3 is 9.30 Å². The Bertz CT molecular complexity index is 706. The summed E-state index contributed by atoms with van der Waals surface area (Å²) in [4.78, 5) is 8.53. The molecule has 0 aliphatic carbocycles. The molecule has 3 aromatic rings. The third-order valence-corrected chi connectivity index (χ3v) is 3.13. The summed E-state index contributed by atoms with van der Waals surface area (Å²) in [7, 11) is 1.92. The predicted octanol–water partition coefficient (Wildman–Crippen LogP) is 3.20. The van der Waals surface area contributed by atoms with E-state index in [2.05, 4.69) is 9.97 Å². The molecule has 3 rings (SSSR count). The van der Waals surface area contributed by atoms with E-state index in [0.717, 1.165) is 21.6 Å². The molecule has 0 saturated carbocycles. The van der Waals surface area contributed by atoms with Crippen LogP contribution in [-0.2, 0) is 13.7 Å². The molecule has 4 nitrogen and oxygen atoms in total. The first-order chi connectivity index (χ1) is 9.24. The van der Waals surface area contributed by atoms with Crippen LogP contribution in [0.3, 0.4) is 0 Å². The van der Waals surface area contributed by atoms with Gasteiger partial charge in [0.25, 0.3) is 0 Å². The number of ether oxygens (including phenoxy) is 1. The van der Waals surface area contributed by atoms with Gasteiger partial charge >= 0.3 is 0 Å². The van der Waals surface area contributed by atoms with E-state index in [1.54, 1.807) is 12.5 Å². The van der Waals surface area contributed by atoms with E-state index >= 15 is 0 Å². The van der Waals surface area contributed by atoms with E-state index in [9.17, 15) is 0 Å². The van der Waals surface area contributed by atoms with Crippen LogP contribution in [0.2, 0.25) is 5.02 Å². The van der Waals surface area contributed by atoms with Gasteiger partial charge in [-0.15, -0.1) is 0 Å². The second-order valence-corrected chi connectivity index (χ2v) is 4.69. The average molecular weight is 274 g/mol. The van der Waals surface area contributed by atoms with Crippen molar-refractivity contribution < 1.29 is 4.74 Å². The number of halogens is 1. The molecule has 0 fully saturated rings. The summed E-state index contributed by atoms with van der Waals surface area (Å²) < 4.78 is 7.67. The fourth-order valence-electron chi connectivity index (χ4n) is 1.91. The Morgan fingerprint density at radius 1 is 1.16 bits per heavy atom.